The zero-order valence-corrected chi connectivity index (χ0v) is 12.4. The summed E-state index contributed by atoms with van der Waals surface area (Å²) in [7, 11) is 3.03. The monoisotopic (exact) mass is 300 g/mol. The van der Waals surface area contributed by atoms with Gasteiger partial charge in [-0.3, -0.25) is 9.59 Å². The Kier molecular flexibility index (Phi) is 5.19. The molecule has 0 atom stereocenters. The lowest BCUT2D eigenvalue weighted by atomic mass is 10.0. The highest BCUT2D eigenvalue weighted by Gasteiger charge is 2.14. The Morgan fingerprint density at radius 3 is 2.36 bits per heavy atom. The Bertz CT molecular complexity index is 671. The Morgan fingerprint density at radius 1 is 1.00 bits per heavy atom. The van der Waals surface area contributed by atoms with Crippen LogP contribution in [0.5, 0.6) is 11.5 Å². The zero-order valence-electron chi connectivity index (χ0n) is 12.4. The molecule has 2 aromatic rings. The molecular weight excluding hydrogens is 284 g/mol. The smallest absolute Gasteiger partial charge is 0.183 e. The first-order valence-corrected chi connectivity index (χ1v) is 6.72. The molecule has 6 nitrogen and oxygen atoms in total. The van der Waals surface area contributed by atoms with Gasteiger partial charge in [-0.25, -0.2) is 0 Å². The van der Waals surface area contributed by atoms with Crippen LogP contribution in [-0.4, -0.2) is 36.0 Å². The number of aromatic nitrogens is 2. The average molecular weight is 300 g/mol. The Labute approximate surface area is 128 Å². The molecule has 114 valence electrons. The predicted octanol–water partition coefficient (Wildman–Crippen LogP) is 2.34. The quantitative estimate of drug-likeness (QED) is 0.730. The van der Waals surface area contributed by atoms with Gasteiger partial charge in [-0.1, -0.05) is 0 Å². The van der Waals surface area contributed by atoms with Crippen LogP contribution in [0.1, 0.15) is 33.7 Å². The molecule has 0 aliphatic heterocycles. The van der Waals surface area contributed by atoms with Crippen molar-refractivity contribution in [2.24, 2.45) is 0 Å². The van der Waals surface area contributed by atoms with Crippen LogP contribution in [0.4, 0.5) is 0 Å². The Morgan fingerprint density at radius 2 is 1.73 bits per heavy atom. The van der Waals surface area contributed by atoms with E-state index in [1.165, 1.54) is 20.4 Å². The SMILES string of the molecule is COc1ccc(C(=O)CCC(=O)c2cccnn2)cc1OC. The standard InChI is InChI=1S/C16H16N2O4/c1-21-15-8-5-11(10-16(15)22-2)13(19)6-7-14(20)12-4-3-9-17-18-12/h3-5,8-10H,6-7H2,1-2H3. The van der Waals surface area contributed by atoms with Gasteiger partial charge in [-0.15, -0.1) is 5.10 Å². The minimum Gasteiger partial charge on any atom is -0.493 e. The van der Waals surface area contributed by atoms with Gasteiger partial charge in [0.1, 0.15) is 5.69 Å². The van der Waals surface area contributed by atoms with E-state index in [9.17, 15) is 9.59 Å². The number of hydrogen-bond donors (Lipinski definition) is 0. The number of rotatable bonds is 7. The molecule has 0 aliphatic rings. The summed E-state index contributed by atoms with van der Waals surface area (Å²) >= 11 is 0. The Balaban J connectivity index is 2.02. The molecule has 0 amide bonds. The molecule has 2 rings (SSSR count). The van der Waals surface area contributed by atoms with E-state index in [0.29, 0.717) is 17.1 Å². The third-order valence-electron chi connectivity index (χ3n) is 3.14. The van der Waals surface area contributed by atoms with Crippen molar-refractivity contribution in [1.82, 2.24) is 10.2 Å². The van der Waals surface area contributed by atoms with Gasteiger partial charge in [-0.2, -0.15) is 5.10 Å². The molecule has 0 N–H and O–H groups in total. The summed E-state index contributed by atoms with van der Waals surface area (Å²) in [6, 6.07) is 8.13. The van der Waals surface area contributed by atoms with Gasteiger partial charge in [0.05, 0.1) is 14.2 Å². The second-order valence-electron chi connectivity index (χ2n) is 4.53. The lowest BCUT2D eigenvalue weighted by Gasteiger charge is -2.08. The molecule has 0 saturated heterocycles. The normalized spacial score (nSPS) is 10.1. The molecule has 0 spiro atoms. The van der Waals surface area contributed by atoms with Crippen LogP contribution in [0.25, 0.3) is 0 Å². The van der Waals surface area contributed by atoms with Crippen LogP contribution < -0.4 is 9.47 Å². The Hall–Kier alpha value is -2.76. The summed E-state index contributed by atoms with van der Waals surface area (Å²) in [5.41, 5.74) is 0.743. The van der Waals surface area contributed by atoms with Crippen molar-refractivity contribution in [3.8, 4) is 11.5 Å². The van der Waals surface area contributed by atoms with Gasteiger partial charge < -0.3 is 9.47 Å². The van der Waals surface area contributed by atoms with Gasteiger partial charge in [0.25, 0.3) is 0 Å². The van der Waals surface area contributed by atoms with Crippen LogP contribution >= 0.6 is 0 Å². The number of ketones is 2. The molecule has 0 radical (unpaired) electrons. The molecule has 0 bridgehead atoms. The van der Waals surface area contributed by atoms with Crippen LogP contribution in [0.2, 0.25) is 0 Å². The van der Waals surface area contributed by atoms with Crippen molar-refractivity contribution in [3.63, 3.8) is 0 Å². The minimum atomic E-state index is -0.207. The summed E-state index contributed by atoms with van der Waals surface area (Å²) < 4.78 is 10.3. The maximum absolute atomic E-state index is 12.2. The van der Waals surface area contributed by atoms with Crippen molar-refractivity contribution >= 4 is 11.6 Å². The van der Waals surface area contributed by atoms with Gasteiger partial charge >= 0.3 is 0 Å². The van der Waals surface area contributed by atoms with Crippen molar-refractivity contribution in [1.29, 1.82) is 0 Å². The molecule has 6 heteroatoms. The summed E-state index contributed by atoms with van der Waals surface area (Å²) in [5.74, 6) is 0.684. The molecule has 22 heavy (non-hydrogen) atoms. The number of hydrogen-bond acceptors (Lipinski definition) is 6. The number of carbonyl (C=O) groups is 2. The van der Waals surface area contributed by atoms with Gasteiger partial charge in [0.2, 0.25) is 0 Å². The lowest BCUT2D eigenvalue weighted by Crippen LogP contribution is -2.07. The number of carbonyl (C=O) groups excluding carboxylic acids is 2. The summed E-state index contributed by atoms with van der Waals surface area (Å²) in [6.07, 6.45) is 1.68. The van der Waals surface area contributed by atoms with E-state index in [1.54, 1.807) is 30.3 Å². The number of benzene rings is 1. The van der Waals surface area contributed by atoms with E-state index in [-0.39, 0.29) is 30.1 Å². The fraction of sp³-hybridized carbons (Fsp3) is 0.250. The summed E-state index contributed by atoms with van der Waals surface area (Å²) in [6.45, 7) is 0. The van der Waals surface area contributed by atoms with Crippen LogP contribution in [0, 0.1) is 0 Å². The first-order valence-electron chi connectivity index (χ1n) is 6.72. The highest BCUT2D eigenvalue weighted by Crippen LogP contribution is 2.28. The molecule has 1 aromatic heterocycles. The van der Waals surface area contributed by atoms with E-state index in [4.69, 9.17) is 9.47 Å². The summed E-state index contributed by atoms with van der Waals surface area (Å²) in [4.78, 5) is 24.1. The fourth-order valence-electron chi connectivity index (χ4n) is 1.96. The van der Waals surface area contributed by atoms with Crippen LogP contribution in [0.3, 0.4) is 0 Å². The van der Waals surface area contributed by atoms with Gasteiger partial charge in [-0.05, 0) is 30.3 Å². The maximum Gasteiger partial charge on any atom is 0.183 e. The third-order valence-corrected chi connectivity index (χ3v) is 3.14. The minimum absolute atomic E-state index is 0.0892. The second kappa shape index (κ2) is 7.31. The molecule has 1 aromatic carbocycles. The fourth-order valence-corrected chi connectivity index (χ4v) is 1.96. The van der Waals surface area contributed by atoms with E-state index in [1.807, 2.05) is 0 Å². The van der Waals surface area contributed by atoms with Gasteiger partial charge in [0.15, 0.2) is 23.1 Å². The first kappa shape index (κ1) is 15.6. The number of methoxy groups -OCH3 is 2. The molecular formula is C16H16N2O4. The largest absolute Gasteiger partial charge is 0.493 e. The molecule has 0 saturated carbocycles. The van der Waals surface area contributed by atoms with Crippen molar-refractivity contribution in [2.75, 3.05) is 14.2 Å². The average Bonchev–Trinajstić information content (AvgIpc) is 2.59. The highest BCUT2D eigenvalue weighted by atomic mass is 16.5. The van der Waals surface area contributed by atoms with Crippen molar-refractivity contribution in [2.45, 2.75) is 12.8 Å². The van der Waals surface area contributed by atoms with Gasteiger partial charge in [0, 0.05) is 24.6 Å². The van der Waals surface area contributed by atoms with Crippen molar-refractivity contribution < 1.29 is 19.1 Å². The third kappa shape index (κ3) is 3.66. The highest BCUT2D eigenvalue weighted by molar-refractivity contribution is 6.01. The predicted molar refractivity (Wildman–Crippen MR) is 79.5 cm³/mol. The van der Waals surface area contributed by atoms with Crippen LogP contribution in [0.15, 0.2) is 36.5 Å². The molecule has 0 unspecified atom stereocenters. The maximum atomic E-state index is 12.2. The first-order chi connectivity index (χ1) is 10.7. The molecule has 0 fully saturated rings. The molecule has 1 heterocycles. The number of ether oxygens (including phenoxy) is 2. The zero-order chi connectivity index (χ0) is 15.9. The van der Waals surface area contributed by atoms with E-state index in [0.717, 1.165) is 0 Å². The lowest BCUT2D eigenvalue weighted by molar-refractivity contribution is 0.0914. The van der Waals surface area contributed by atoms with E-state index in [2.05, 4.69) is 10.2 Å². The number of Topliss-reactive ketones (excluding diaryl/α,β-unsaturated/α-hetero) is 2. The van der Waals surface area contributed by atoms with E-state index >= 15 is 0 Å². The van der Waals surface area contributed by atoms with Crippen molar-refractivity contribution in [3.05, 3.63) is 47.8 Å². The summed E-state index contributed by atoms with van der Waals surface area (Å²) in [5, 5.41) is 7.38. The topological polar surface area (TPSA) is 78.4 Å². The second-order valence-corrected chi connectivity index (χ2v) is 4.53. The van der Waals surface area contributed by atoms with Crippen LogP contribution in [-0.2, 0) is 0 Å². The number of nitrogens with zero attached hydrogens (tertiary/aromatic N) is 2. The molecule has 0 aliphatic carbocycles. The van der Waals surface area contributed by atoms with E-state index < -0.39 is 0 Å².